The number of rotatable bonds is 8. The van der Waals surface area contributed by atoms with Crippen molar-refractivity contribution in [3.05, 3.63) is 94.3 Å². The number of benzene rings is 3. The van der Waals surface area contributed by atoms with Gasteiger partial charge in [-0.1, -0.05) is 47.6 Å². The van der Waals surface area contributed by atoms with Crippen molar-refractivity contribution in [3.8, 4) is 17.5 Å². The fourth-order valence-electron chi connectivity index (χ4n) is 3.48. The van der Waals surface area contributed by atoms with Crippen LogP contribution in [0, 0.1) is 18.3 Å². The summed E-state index contributed by atoms with van der Waals surface area (Å²) < 4.78 is 7.23. The first kappa shape index (κ1) is 25.1. The minimum Gasteiger partial charge on any atom is -0.497 e. The SMILES string of the molecule is COc1cccc(CSc2nnc(CNC(=O)Nc3cccc(C#N)c3)n2-c2cc(Cl)ccc2C)c1. The molecular weight excluding hydrogens is 496 g/mol. The van der Waals surface area contributed by atoms with Gasteiger partial charge in [-0.2, -0.15) is 5.26 Å². The largest absolute Gasteiger partial charge is 0.497 e. The Bertz CT molecular complexity index is 1430. The average molecular weight is 519 g/mol. The van der Waals surface area contributed by atoms with E-state index in [0.717, 1.165) is 22.6 Å². The van der Waals surface area contributed by atoms with Crippen molar-refractivity contribution in [3.63, 3.8) is 0 Å². The van der Waals surface area contributed by atoms with Crippen LogP contribution in [0.3, 0.4) is 0 Å². The number of ether oxygens (including phenoxy) is 1. The highest BCUT2D eigenvalue weighted by molar-refractivity contribution is 7.98. The van der Waals surface area contributed by atoms with Crippen molar-refractivity contribution in [1.29, 1.82) is 5.26 Å². The van der Waals surface area contributed by atoms with Crippen molar-refractivity contribution >= 4 is 35.1 Å². The standard InChI is InChI=1S/C26H23ClN6O2S/c1-17-9-10-20(27)13-23(17)33-24(15-29-25(34)30-21-7-3-5-18(11-21)14-28)31-32-26(33)36-16-19-6-4-8-22(12-19)35-2/h3-13H,15-16H2,1-2H3,(H2,29,30,34). The maximum absolute atomic E-state index is 12.5. The molecule has 10 heteroatoms. The molecule has 0 unspecified atom stereocenters. The first-order chi connectivity index (χ1) is 17.5. The molecule has 0 aliphatic carbocycles. The number of carbonyl (C=O) groups excluding carboxylic acids is 1. The molecule has 1 aromatic heterocycles. The number of halogens is 1. The smallest absolute Gasteiger partial charge is 0.319 e. The number of nitrogens with zero attached hydrogens (tertiary/aromatic N) is 4. The Labute approximate surface area is 218 Å². The summed E-state index contributed by atoms with van der Waals surface area (Å²) in [5.74, 6) is 1.99. The highest BCUT2D eigenvalue weighted by Crippen LogP contribution is 2.29. The van der Waals surface area contributed by atoms with Gasteiger partial charge in [-0.15, -0.1) is 10.2 Å². The molecule has 4 aromatic rings. The third-order valence-corrected chi connectivity index (χ3v) is 6.51. The molecule has 3 aromatic carbocycles. The molecule has 0 saturated heterocycles. The van der Waals surface area contributed by atoms with E-state index >= 15 is 0 Å². The first-order valence-electron chi connectivity index (χ1n) is 11.0. The van der Waals surface area contributed by atoms with E-state index in [-0.39, 0.29) is 6.54 Å². The number of nitriles is 1. The Morgan fingerprint density at radius 2 is 1.97 bits per heavy atom. The number of hydrogen-bond donors (Lipinski definition) is 2. The van der Waals surface area contributed by atoms with Crippen molar-refractivity contribution in [2.24, 2.45) is 0 Å². The second-order valence-corrected chi connectivity index (χ2v) is 9.18. The number of methoxy groups -OCH3 is 1. The van der Waals surface area contributed by atoms with E-state index in [1.165, 1.54) is 11.8 Å². The zero-order chi connectivity index (χ0) is 25.5. The number of thioether (sulfide) groups is 1. The van der Waals surface area contributed by atoms with Gasteiger partial charge in [-0.25, -0.2) is 4.79 Å². The average Bonchev–Trinajstić information content (AvgIpc) is 3.30. The van der Waals surface area contributed by atoms with E-state index in [1.54, 1.807) is 31.4 Å². The lowest BCUT2D eigenvalue weighted by molar-refractivity contribution is 0.251. The quantitative estimate of drug-likeness (QED) is 0.289. The summed E-state index contributed by atoms with van der Waals surface area (Å²) in [6.45, 7) is 2.11. The molecule has 0 radical (unpaired) electrons. The summed E-state index contributed by atoms with van der Waals surface area (Å²) in [4.78, 5) is 12.5. The van der Waals surface area contributed by atoms with Crippen LogP contribution in [0.2, 0.25) is 5.02 Å². The number of carbonyl (C=O) groups is 1. The maximum Gasteiger partial charge on any atom is 0.319 e. The Balaban J connectivity index is 1.55. The van der Waals surface area contributed by atoms with Gasteiger partial charge in [0.1, 0.15) is 5.75 Å². The number of aromatic nitrogens is 3. The van der Waals surface area contributed by atoms with Crippen LogP contribution >= 0.6 is 23.4 Å². The molecule has 0 fully saturated rings. The topological polar surface area (TPSA) is 105 Å². The summed E-state index contributed by atoms with van der Waals surface area (Å²) >= 11 is 7.83. The third kappa shape index (κ3) is 6.16. The summed E-state index contributed by atoms with van der Waals surface area (Å²) in [6, 6.07) is 21.8. The van der Waals surface area contributed by atoms with Gasteiger partial charge in [-0.3, -0.25) is 4.57 Å². The van der Waals surface area contributed by atoms with Crippen LogP contribution < -0.4 is 15.4 Å². The van der Waals surface area contributed by atoms with E-state index in [9.17, 15) is 4.79 Å². The highest BCUT2D eigenvalue weighted by atomic mass is 35.5. The molecule has 36 heavy (non-hydrogen) atoms. The van der Waals surface area contributed by atoms with Crippen LogP contribution in [-0.4, -0.2) is 27.9 Å². The van der Waals surface area contributed by atoms with E-state index in [2.05, 4.69) is 26.9 Å². The first-order valence-corrected chi connectivity index (χ1v) is 12.3. The predicted octanol–water partition coefficient (Wildman–Crippen LogP) is 5.72. The van der Waals surface area contributed by atoms with E-state index < -0.39 is 6.03 Å². The second kappa shape index (κ2) is 11.6. The molecule has 182 valence electrons. The van der Waals surface area contributed by atoms with Crippen molar-refractivity contribution in [2.45, 2.75) is 24.4 Å². The number of aryl methyl sites for hydroxylation is 1. The van der Waals surface area contributed by atoms with Crippen LogP contribution in [0.25, 0.3) is 5.69 Å². The van der Waals surface area contributed by atoms with Crippen molar-refractivity contribution in [1.82, 2.24) is 20.1 Å². The Morgan fingerprint density at radius 1 is 1.14 bits per heavy atom. The molecule has 2 N–H and O–H groups in total. The fraction of sp³-hybridized carbons (Fsp3) is 0.154. The lowest BCUT2D eigenvalue weighted by Gasteiger charge is -2.14. The molecule has 0 bridgehead atoms. The van der Waals surface area contributed by atoms with Crippen LogP contribution in [0.1, 0.15) is 22.5 Å². The van der Waals surface area contributed by atoms with Gasteiger partial charge < -0.3 is 15.4 Å². The molecule has 0 aliphatic heterocycles. The molecular formula is C26H23ClN6O2S. The zero-order valence-electron chi connectivity index (χ0n) is 19.7. The normalized spacial score (nSPS) is 10.5. The van der Waals surface area contributed by atoms with Crippen molar-refractivity contribution < 1.29 is 9.53 Å². The minimum absolute atomic E-state index is 0.127. The Kier molecular flexibility index (Phi) is 8.10. The van der Waals surface area contributed by atoms with Gasteiger partial charge in [0.15, 0.2) is 11.0 Å². The summed E-state index contributed by atoms with van der Waals surface area (Å²) in [6.07, 6.45) is 0. The van der Waals surface area contributed by atoms with Gasteiger partial charge in [0.05, 0.1) is 31.0 Å². The van der Waals surface area contributed by atoms with Crippen LogP contribution in [0.5, 0.6) is 5.75 Å². The molecule has 0 aliphatic rings. The summed E-state index contributed by atoms with van der Waals surface area (Å²) in [7, 11) is 1.64. The fourth-order valence-corrected chi connectivity index (χ4v) is 4.56. The number of hydrogen-bond acceptors (Lipinski definition) is 6. The van der Waals surface area contributed by atoms with Crippen molar-refractivity contribution in [2.75, 3.05) is 12.4 Å². The third-order valence-electron chi connectivity index (χ3n) is 5.27. The van der Waals surface area contributed by atoms with E-state index in [4.69, 9.17) is 21.6 Å². The molecule has 1 heterocycles. The van der Waals surface area contributed by atoms with E-state index in [0.29, 0.717) is 33.0 Å². The number of nitrogens with one attached hydrogen (secondary N) is 2. The van der Waals surface area contributed by atoms with Crippen LogP contribution in [0.15, 0.2) is 71.9 Å². The molecule has 8 nitrogen and oxygen atoms in total. The van der Waals surface area contributed by atoms with Crippen LogP contribution in [0.4, 0.5) is 10.5 Å². The molecule has 0 saturated carbocycles. The summed E-state index contributed by atoms with van der Waals surface area (Å²) in [5, 5.41) is 24.6. The molecule has 0 spiro atoms. The Morgan fingerprint density at radius 3 is 2.78 bits per heavy atom. The second-order valence-electron chi connectivity index (χ2n) is 7.81. The lowest BCUT2D eigenvalue weighted by Crippen LogP contribution is -2.29. The van der Waals surface area contributed by atoms with Crippen LogP contribution in [-0.2, 0) is 12.3 Å². The number of urea groups is 1. The zero-order valence-corrected chi connectivity index (χ0v) is 21.2. The summed E-state index contributed by atoms with van der Waals surface area (Å²) in [5.41, 5.74) is 3.88. The molecule has 4 rings (SSSR count). The molecule has 2 amide bonds. The monoisotopic (exact) mass is 518 g/mol. The van der Waals surface area contributed by atoms with Gasteiger partial charge >= 0.3 is 6.03 Å². The number of amides is 2. The van der Waals surface area contributed by atoms with Gasteiger partial charge in [-0.05, 0) is 60.5 Å². The predicted molar refractivity (Wildman–Crippen MR) is 141 cm³/mol. The maximum atomic E-state index is 12.5. The minimum atomic E-state index is -0.423. The highest BCUT2D eigenvalue weighted by Gasteiger charge is 2.18. The van der Waals surface area contributed by atoms with E-state index in [1.807, 2.05) is 54.0 Å². The van der Waals surface area contributed by atoms with Gasteiger partial charge in [0, 0.05) is 16.5 Å². The lowest BCUT2D eigenvalue weighted by atomic mass is 10.2. The Hall–Kier alpha value is -4.00. The van der Waals surface area contributed by atoms with Gasteiger partial charge in [0.25, 0.3) is 0 Å². The molecule has 0 atom stereocenters. The van der Waals surface area contributed by atoms with Gasteiger partial charge in [0.2, 0.25) is 0 Å². The number of anilines is 1.